The van der Waals surface area contributed by atoms with E-state index in [4.69, 9.17) is 4.74 Å². The van der Waals surface area contributed by atoms with Crippen LogP contribution in [-0.2, 0) is 27.2 Å². The lowest BCUT2D eigenvalue weighted by Crippen LogP contribution is -2.56. The molecule has 4 atom stereocenters. The van der Waals surface area contributed by atoms with Crippen LogP contribution in [0.3, 0.4) is 0 Å². The van der Waals surface area contributed by atoms with Gasteiger partial charge in [-0.3, -0.25) is 14.8 Å². The molecule has 188 valence electrons. The monoisotopic (exact) mass is 487 g/mol. The van der Waals surface area contributed by atoms with Crippen molar-refractivity contribution in [3.05, 3.63) is 71.0 Å². The second kappa shape index (κ2) is 10.8. The highest BCUT2D eigenvalue weighted by Gasteiger charge is 2.39. The Bertz CT molecular complexity index is 1090. The number of aliphatic hydroxyl groups excluding tert-OH is 1. The van der Waals surface area contributed by atoms with Crippen LogP contribution in [0.2, 0.25) is 0 Å². The van der Waals surface area contributed by atoms with Crippen LogP contribution in [0.15, 0.2) is 48.5 Å². The molecule has 0 aliphatic heterocycles. The first-order chi connectivity index (χ1) is 16.5. The van der Waals surface area contributed by atoms with E-state index in [-0.39, 0.29) is 6.42 Å². The fourth-order valence-electron chi connectivity index (χ4n) is 4.14. The van der Waals surface area contributed by atoms with Crippen molar-refractivity contribution in [2.75, 3.05) is 0 Å². The van der Waals surface area contributed by atoms with Gasteiger partial charge in [-0.1, -0.05) is 36.4 Å². The molecule has 3 rings (SSSR count). The summed E-state index contributed by atoms with van der Waals surface area (Å²) in [4.78, 5) is 38.5. The maximum atomic E-state index is 13.8. The van der Waals surface area contributed by atoms with Gasteiger partial charge in [-0.15, -0.1) is 0 Å². The number of rotatable bonds is 7. The van der Waals surface area contributed by atoms with Gasteiger partial charge in [0.15, 0.2) is 0 Å². The van der Waals surface area contributed by atoms with Gasteiger partial charge in [0, 0.05) is 6.42 Å². The summed E-state index contributed by atoms with van der Waals surface area (Å²) < 4.78 is 19.1. The smallest absolute Gasteiger partial charge is 0.408 e. The number of fused-ring (bicyclic) bond motifs is 1. The van der Waals surface area contributed by atoms with Gasteiger partial charge in [-0.25, -0.2) is 14.7 Å². The number of hydrogen-bond donors (Lipinski definition) is 5. The number of benzene rings is 2. The van der Waals surface area contributed by atoms with Crippen molar-refractivity contribution in [3.63, 3.8) is 0 Å². The van der Waals surface area contributed by atoms with E-state index in [1.165, 1.54) is 23.7 Å². The van der Waals surface area contributed by atoms with E-state index < -0.39 is 53.4 Å². The number of amides is 3. The van der Waals surface area contributed by atoms with Crippen LogP contribution in [0, 0.1) is 11.7 Å². The maximum Gasteiger partial charge on any atom is 0.408 e. The van der Waals surface area contributed by atoms with Crippen molar-refractivity contribution in [2.45, 2.75) is 57.4 Å². The number of aliphatic hydroxyl groups is 1. The largest absolute Gasteiger partial charge is 0.444 e. The number of ether oxygens (including phenoxy) is 1. The van der Waals surface area contributed by atoms with Gasteiger partial charge in [0.1, 0.15) is 17.5 Å². The molecule has 0 heterocycles. The third kappa shape index (κ3) is 6.77. The zero-order valence-corrected chi connectivity index (χ0v) is 19.7. The molecule has 0 fully saturated rings. The van der Waals surface area contributed by atoms with Gasteiger partial charge in [-0.2, -0.15) is 0 Å². The molecule has 35 heavy (non-hydrogen) atoms. The van der Waals surface area contributed by atoms with Crippen molar-refractivity contribution in [2.24, 2.45) is 5.92 Å². The summed E-state index contributed by atoms with van der Waals surface area (Å²) in [5.41, 5.74) is 2.59. The molecule has 0 spiro atoms. The van der Waals surface area contributed by atoms with Crippen LogP contribution < -0.4 is 16.1 Å². The zero-order valence-electron chi connectivity index (χ0n) is 19.7. The molecular formula is C25H30FN3O6. The SMILES string of the molecule is CC(C)(C)OC(=O)NC(C(=O)NO)C(Cc1cccc(F)c1)C(=O)NC1c2ccccc2CC1O. The summed E-state index contributed by atoms with van der Waals surface area (Å²) >= 11 is 0. The Morgan fingerprint density at radius 2 is 1.83 bits per heavy atom. The van der Waals surface area contributed by atoms with E-state index in [1.807, 2.05) is 12.1 Å². The summed E-state index contributed by atoms with van der Waals surface area (Å²) in [6.07, 6.45) is -1.68. The van der Waals surface area contributed by atoms with Gasteiger partial charge >= 0.3 is 6.09 Å². The van der Waals surface area contributed by atoms with Gasteiger partial charge in [0.05, 0.1) is 18.1 Å². The normalized spacial score (nSPS) is 18.7. The summed E-state index contributed by atoms with van der Waals surface area (Å²) in [6, 6.07) is 10.4. The molecule has 0 radical (unpaired) electrons. The molecule has 10 heteroatoms. The maximum absolute atomic E-state index is 13.8. The number of carbonyl (C=O) groups excluding carboxylic acids is 3. The van der Waals surface area contributed by atoms with Gasteiger partial charge in [-0.05, 0) is 56.0 Å². The van der Waals surface area contributed by atoms with Crippen LogP contribution in [0.1, 0.15) is 43.5 Å². The number of carbonyl (C=O) groups is 3. The Hall–Kier alpha value is -3.50. The van der Waals surface area contributed by atoms with Crippen LogP contribution in [0.25, 0.3) is 0 Å². The standard InChI is InChI=1S/C25H30FN3O6/c1-25(2,3)35-24(33)28-21(23(32)29-34)18(12-14-7-6-9-16(26)11-14)22(31)27-20-17-10-5-4-8-15(17)13-19(20)30/h4-11,18-21,30,34H,12-13H2,1-3H3,(H,27,31)(H,28,33)(H,29,32). The molecule has 1 aliphatic carbocycles. The number of alkyl carbamates (subject to hydrolysis) is 1. The van der Waals surface area contributed by atoms with E-state index in [2.05, 4.69) is 10.6 Å². The van der Waals surface area contributed by atoms with Gasteiger partial charge in [0.25, 0.3) is 5.91 Å². The Labute approximate surface area is 202 Å². The lowest BCUT2D eigenvalue weighted by atomic mass is 9.90. The fourth-order valence-corrected chi connectivity index (χ4v) is 4.14. The third-order valence-electron chi connectivity index (χ3n) is 5.65. The second-order valence-electron chi connectivity index (χ2n) is 9.50. The van der Waals surface area contributed by atoms with E-state index in [0.29, 0.717) is 12.0 Å². The first-order valence-electron chi connectivity index (χ1n) is 11.2. The topological polar surface area (TPSA) is 137 Å². The molecule has 0 saturated heterocycles. The van der Waals surface area contributed by atoms with E-state index in [9.17, 15) is 29.1 Å². The minimum absolute atomic E-state index is 0.151. The van der Waals surface area contributed by atoms with Crippen LogP contribution in [0.5, 0.6) is 0 Å². The van der Waals surface area contributed by atoms with Gasteiger partial charge < -0.3 is 20.5 Å². The Morgan fingerprint density at radius 1 is 1.11 bits per heavy atom. The lowest BCUT2D eigenvalue weighted by Gasteiger charge is -2.29. The lowest BCUT2D eigenvalue weighted by molar-refractivity contribution is -0.138. The number of hydrogen-bond acceptors (Lipinski definition) is 6. The van der Waals surface area contributed by atoms with Gasteiger partial charge in [0.2, 0.25) is 5.91 Å². The predicted octanol–water partition coefficient (Wildman–Crippen LogP) is 2.16. The van der Waals surface area contributed by atoms with E-state index >= 15 is 0 Å². The average molecular weight is 488 g/mol. The minimum atomic E-state index is -1.56. The number of nitrogens with one attached hydrogen (secondary N) is 3. The summed E-state index contributed by atoms with van der Waals surface area (Å²) in [5.74, 6) is -3.55. The Balaban J connectivity index is 1.92. The van der Waals surface area contributed by atoms with Crippen molar-refractivity contribution in [1.82, 2.24) is 16.1 Å². The van der Waals surface area contributed by atoms with E-state index in [0.717, 1.165) is 11.1 Å². The second-order valence-corrected chi connectivity index (χ2v) is 9.50. The molecule has 5 N–H and O–H groups in total. The van der Waals surface area contributed by atoms with Crippen molar-refractivity contribution >= 4 is 17.9 Å². The van der Waals surface area contributed by atoms with Crippen LogP contribution in [0.4, 0.5) is 9.18 Å². The highest BCUT2D eigenvalue weighted by molar-refractivity contribution is 5.92. The zero-order chi connectivity index (χ0) is 25.8. The number of halogens is 1. The number of hydroxylamine groups is 1. The van der Waals surface area contributed by atoms with Crippen molar-refractivity contribution in [3.8, 4) is 0 Å². The molecule has 0 aromatic heterocycles. The van der Waals surface area contributed by atoms with Crippen molar-refractivity contribution in [1.29, 1.82) is 0 Å². The Kier molecular flexibility index (Phi) is 8.08. The van der Waals surface area contributed by atoms with Crippen LogP contribution in [-0.4, -0.2) is 46.0 Å². The highest BCUT2D eigenvalue weighted by atomic mass is 19.1. The molecule has 4 unspecified atom stereocenters. The molecule has 0 saturated carbocycles. The van der Waals surface area contributed by atoms with Crippen LogP contribution >= 0.6 is 0 Å². The molecule has 2 aromatic rings. The molecule has 1 aliphatic rings. The first kappa shape index (κ1) is 26.1. The van der Waals surface area contributed by atoms with Crippen molar-refractivity contribution < 1.29 is 33.8 Å². The average Bonchev–Trinajstić information content (AvgIpc) is 3.09. The Morgan fingerprint density at radius 3 is 2.49 bits per heavy atom. The summed E-state index contributed by atoms with van der Waals surface area (Å²) in [5, 5.41) is 25.0. The first-order valence-corrected chi connectivity index (χ1v) is 11.2. The highest BCUT2D eigenvalue weighted by Crippen LogP contribution is 2.32. The van der Waals surface area contributed by atoms with E-state index in [1.54, 1.807) is 39.0 Å². The minimum Gasteiger partial charge on any atom is -0.444 e. The quantitative estimate of drug-likeness (QED) is 0.300. The molecular weight excluding hydrogens is 457 g/mol. The predicted molar refractivity (Wildman–Crippen MR) is 124 cm³/mol. The fraction of sp³-hybridized carbons (Fsp3) is 0.400. The third-order valence-corrected chi connectivity index (χ3v) is 5.65. The molecule has 0 bridgehead atoms. The summed E-state index contributed by atoms with van der Waals surface area (Å²) in [6.45, 7) is 4.89. The summed E-state index contributed by atoms with van der Waals surface area (Å²) in [7, 11) is 0. The molecule has 9 nitrogen and oxygen atoms in total. The molecule has 3 amide bonds. The molecule has 2 aromatic carbocycles.